The maximum Gasteiger partial charge on any atom is 0.416 e. The van der Waals surface area contributed by atoms with E-state index in [9.17, 15) is 31.1 Å². The quantitative estimate of drug-likeness (QED) is 0.347. The van der Waals surface area contributed by atoms with Gasteiger partial charge in [0.05, 0.1) is 30.3 Å². The standard InChI is InChI=1S/C26H29F6NO3.ClH/c1-18(23(34)35)7-10-33-11-8-24(9-12-33,20-5-3-2-4-6-20)17-36-16-19-13-21(25(27,28)29)15-22(14-19)26(30,31)32;/h2-6,13-15,18H,7-12,16-17H2,1H3,(H,34,35);1H. The highest BCUT2D eigenvalue weighted by Gasteiger charge is 2.38. The van der Waals surface area contributed by atoms with Crippen molar-refractivity contribution in [1.82, 2.24) is 4.90 Å². The summed E-state index contributed by atoms with van der Waals surface area (Å²) in [6.07, 6.45) is -7.98. The molecule has 0 aliphatic carbocycles. The molecule has 1 fully saturated rings. The minimum Gasteiger partial charge on any atom is -0.481 e. The Labute approximate surface area is 218 Å². The zero-order chi connectivity index (χ0) is 26.6. The number of nitrogens with zero attached hydrogens (tertiary/aromatic N) is 1. The number of hydrogen-bond acceptors (Lipinski definition) is 3. The van der Waals surface area contributed by atoms with Gasteiger partial charge in [-0.05, 0) is 68.2 Å². The van der Waals surface area contributed by atoms with Gasteiger partial charge in [0.2, 0.25) is 0 Å². The average Bonchev–Trinajstić information content (AvgIpc) is 2.82. The monoisotopic (exact) mass is 553 g/mol. The number of likely N-dealkylation sites (tertiary alicyclic amines) is 1. The van der Waals surface area contributed by atoms with E-state index in [0.29, 0.717) is 51.0 Å². The Morgan fingerprint density at radius 2 is 1.54 bits per heavy atom. The Balaban J connectivity index is 0.00000481. The van der Waals surface area contributed by atoms with E-state index in [1.54, 1.807) is 6.92 Å². The molecule has 0 radical (unpaired) electrons. The predicted molar refractivity (Wildman–Crippen MR) is 129 cm³/mol. The Kier molecular flexibility index (Phi) is 10.4. The molecule has 1 saturated heterocycles. The maximum atomic E-state index is 13.2. The number of hydrogen-bond donors (Lipinski definition) is 1. The van der Waals surface area contributed by atoms with Gasteiger partial charge >= 0.3 is 18.3 Å². The fourth-order valence-corrected chi connectivity index (χ4v) is 4.48. The minimum atomic E-state index is -4.91. The number of carboxylic acids is 1. The van der Waals surface area contributed by atoms with Gasteiger partial charge in [0.1, 0.15) is 0 Å². The van der Waals surface area contributed by atoms with Crippen LogP contribution >= 0.6 is 12.4 Å². The van der Waals surface area contributed by atoms with Crippen LogP contribution < -0.4 is 0 Å². The summed E-state index contributed by atoms with van der Waals surface area (Å²) in [5.41, 5.74) is -2.38. The van der Waals surface area contributed by atoms with Crippen molar-refractivity contribution in [2.24, 2.45) is 5.92 Å². The van der Waals surface area contributed by atoms with Crippen molar-refractivity contribution in [3.63, 3.8) is 0 Å². The van der Waals surface area contributed by atoms with Gasteiger partial charge in [0.15, 0.2) is 0 Å². The lowest BCUT2D eigenvalue weighted by Gasteiger charge is -2.42. The Bertz CT molecular complexity index is 989. The summed E-state index contributed by atoms with van der Waals surface area (Å²) < 4.78 is 84.9. The first kappa shape index (κ1) is 30.9. The maximum absolute atomic E-state index is 13.2. The first-order chi connectivity index (χ1) is 16.8. The van der Waals surface area contributed by atoms with Crippen LogP contribution in [0.15, 0.2) is 48.5 Å². The van der Waals surface area contributed by atoms with Crippen molar-refractivity contribution >= 4 is 18.4 Å². The van der Waals surface area contributed by atoms with E-state index in [1.807, 2.05) is 30.3 Å². The van der Waals surface area contributed by atoms with E-state index < -0.39 is 40.8 Å². The third-order valence-corrected chi connectivity index (χ3v) is 6.79. The van der Waals surface area contributed by atoms with Crippen molar-refractivity contribution in [3.05, 3.63) is 70.8 Å². The highest BCUT2D eigenvalue weighted by molar-refractivity contribution is 5.85. The first-order valence-electron chi connectivity index (χ1n) is 11.7. The van der Waals surface area contributed by atoms with Crippen LogP contribution in [0.2, 0.25) is 0 Å². The zero-order valence-electron chi connectivity index (χ0n) is 20.2. The normalized spacial score (nSPS) is 17.2. The van der Waals surface area contributed by atoms with Crippen LogP contribution in [-0.2, 0) is 33.9 Å². The van der Waals surface area contributed by atoms with Crippen LogP contribution in [0, 0.1) is 5.92 Å². The second kappa shape index (κ2) is 12.5. The van der Waals surface area contributed by atoms with E-state index in [0.717, 1.165) is 5.56 Å². The summed E-state index contributed by atoms with van der Waals surface area (Å²) in [5, 5.41) is 9.10. The Morgan fingerprint density at radius 1 is 1.00 bits per heavy atom. The Morgan fingerprint density at radius 3 is 2.03 bits per heavy atom. The molecule has 11 heteroatoms. The number of carbonyl (C=O) groups is 1. The number of piperidine rings is 1. The van der Waals surface area contributed by atoms with Crippen molar-refractivity contribution < 1.29 is 41.0 Å². The van der Waals surface area contributed by atoms with Gasteiger partial charge in [-0.1, -0.05) is 37.3 Å². The van der Waals surface area contributed by atoms with Crippen LogP contribution in [0.1, 0.15) is 48.4 Å². The van der Waals surface area contributed by atoms with Gasteiger partial charge in [-0.2, -0.15) is 26.3 Å². The van der Waals surface area contributed by atoms with Crippen LogP contribution in [-0.4, -0.2) is 42.2 Å². The molecule has 1 heterocycles. The summed E-state index contributed by atoms with van der Waals surface area (Å²) in [6.45, 7) is 3.38. The van der Waals surface area contributed by atoms with Gasteiger partial charge in [0, 0.05) is 5.41 Å². The highest BCUT2D eigenvalue weighted by Crippen LogP contribution is 2.38. The molecular formula is C26H30ClF6NO3. The van der Waals surface area contributed by atoms with E-state index in [2.05, 4.69) is 4.90 Å². The summed E-state index contributed by atoms with van der Waals surface area (Å²) in [7, 11) is 0. The number of alkyl halides is 6. The number of halogens is 7. The molecule has 3 rings (SSSR count). The molecule has 0 amide bonds. The van der Waals surface area contributed by atoms with E-state index >= 15 is 0 Å². The number of benzene rings is 2. The number of ether oxygens (including phenoxy) is 1. The number of carboxylic acid groups (broad SMARTS) is 1. The van der Waals surface area contributed by atoms with Crippen molar-refractivity contribution in [2.75, 3.05) is 26.2 Å². The molecule has 2 aromatic carbocycles. The lowest BCUT2D eigenvalue weighted by molar-refractivity contribution is -0.143. The van der Waals surface area contributed by atoms with E-state index in [-0.39, 0.29) is 37.3 Å². The van der Waals surface area contributed by atoms with E-state index in [1.165, 1.54) is 0 Å². The smallest absolute Gasteiger partial charge is 0.416 e. The molecular weight excluding hydrogens is 524 g/mol. The summed E-state index contributed by atoms with van der Waals surface area (Å²) in [6, 6.07) is 11.0. The molecule has 0 saturated carbocycles. The lowest BCUT2D eigenvalue weighted by Crippen LogP contribution is -2.45. The van der Waals surface area contributed by atoms with Crippen molar-refractivity contribution in [2.45, 2.75) is 50.6 Å². The van der Waals surface area contributed by atoms with Gasteiger partial charge in [-0.3, -0.25) is 4.79 Å². The molecule has 0 spiro atoms. The third-order valence-electron chi connectivity index (χ3n) is 6.79. The molecule has 1 unspecified atom stereocenters. The molecule has 37 heavy (non-hydrogen) atoms. The van der Waals surface area contributed by atoms with Gasteiger partial charge < -0.3 is 14.7 Å². The van der Waals surface area contributed by atoms with Gasteiger partial charge in [-0.25, -0.2) is 0 Å². The van der Waals surface area contributed by atoms with Crippen molar-refractivity contribution in [1.29, 1.82) is 0 Å². The molecule has 2 aromatic rings. The molecule has 0 aromatic heterocycles. The molecule has 206 valence electrons. The molecule has 1 aliphatic rings. The Hall–Kier alpha value is -2.30. The number of aliphatic carboxylic acids is 1. The summed E-state index contributed by atoms with van der Waals surface area (Å²) >= 11 is 0. The molecule has 4 nitrogen and oxygen atoms in total. The zero-order valence-corrected chi connectivity index (χ0v) is 21.1. The summed E-state index contributed by atoms with van der Waals surface area (Å²) in [4.78, 5) is 13.3. The largest absolute Gasteiger partial charge is 0.481 e. The molecule has 1 atom stereocenters. The van der Waals surface area contributed by atoms with Crippen LogP contribution in [0.5, 0.6) is 0 Å². The molecule has 0 bridgehead atoms. The third kappa shape index (κ3) is 8.35. The highest BCUT2D eigenvalue weighted by atomic mass is 35.5. The van der Waals surface area contributed by atoms with Crippen LogP contribution in [0.25, 0.3) is 0 Å². The lowest BCUT2D eigenvalue weighted by atomic mass is 9.73. The van der Waals surface area contributed by atoms with Crippen LogP contribution in [0.4, 0.5) is 26.3 Å². The van der Waals surface area contributed by atoms with Gasteiger partial charge in [-0.15, -0.1) is 12.4 Å². The second-order valence-corrected chi connectivity index (χ2v) is 9.42. The first-order valence-corrected chi connectivity index (χ1v) is 11.7. The second-order valence-electron chi connectivity index (χ2n) is 9.42. The van der Waals surface area contributed by atoms with Crippen LogP contribution in [0.3, 0.4) is 0 Å². The van der Waals surface area contributed by atoms with Crippen molar-refractivity contribution in [3.8, 4) is 0 Å². The van der Waals surface area contributed by atoms with Gasteiger partial charge in [0.25, 0.3) is 0 Å². The number of rotatable bonds is 9. The minimum absolute atomic E-state index is 0. The topological polar surface area (TPSA) is 49.8 Å². The molecule has 1 N–H and O–H groups in total. The van der Waals surface area contributed by atoms with E-state index in [4.69, 9.17) is 9.84 Å². The fourth-order valence-electron chi connectivity index (χ4n) is 4.48. The fraction of sp³-hybridized carbons (Fsp3) is 0.500. The predicted octanol–water partition coefficient (Wildman–Crippen LogP) is 6.81. The molecule has 1 aliphatic heterocycles. The average molecular weight is 554 g/mol. The summed E-state index contributed by atoms with van der Waals surface area (Å²) in [5.74, 6) is -1.30. The SMILES string of the molecule is CC(CCN1CCC(COCc2cc(C(F)(F)F)cc(C(F)(F)F)c2)(c2ccccc2)CC1)C(=O)O.Cl.